The predicted molar refractivity (Wildman–Crippen MR) is 31.1 cm³/mol. The lowest BCUT2D eigenvalue weighted by molar-refractivity contribution is -0.171. The third-order valence-electron chi connectivity index (χ3n) is 0.603. The van der Waals surface area contributed by atoms with Gasteiger partial charge in [0.05, 0.1) is 6.61 Å². The van der Waals surface area contributed by atoms with Crippen molar-refractivity contribution in [3.05, 3.63) is 0 Å². The van der Waals surface area contributed by atoms with Crippen LogP contribution in [-0.4, -0.2) is 23.8 Å². The molecule has 7 heteroatoms. The van der Waals surface area contributed by atoms with E-state index >= 15 is 0 Å². The van der Waals surface area contributed by atoms with E-state index in [1.165, 1.54) is 6.92 Å². The molecular weight excluding hydrogens is 163 g/mol. The number of phosphoric acid groups is 1. The van der Waals surface area contributed by atoms with Crippen molar-refractivity contribution in [1.29, 1.82) is 0 Å². The molecule has 0 aliphatic rings. The van der Waals surface area contributed by atoms with E-state index in [-0.39, 0.29) is 6.61 Å². The van der Waals surface area contributed by atoms with Crippen LogP contribution >= 0.6 is 7.82 Å². The van der Waals surface area contributed by atoms with E-state index in [9.17, 15) is 4.57 Å². The topological polar surface area (TPSA) is 85.2 Å². The summed E-state index contributed by atoms with van der Waals surface area (Å²) in [6.07, 6.45) is 0. The first-order chi connectivity index (χ1) is 4.68. The number of hydrogen-bond acceptors (Lipinski definition) is 6. The van der Waals surface area contributed by atoms with Crippen LogP contribution in [0.1, 0.15) is 6.92 Å². The Kier molecular flexibility index (Phi) is 4.80. The molecule has 0 amide bonds. The maximum Gasteiger partial charge on any atom is 0.504 e. The molecule has 0 aromatic rings. The highest BCUT2D eigenvalue weighted by Crippen LogP contribution is 2.47. The van der Waals surface area contributed by atoms with E-state index in [1.54, 1.807) is 0 Å². The quantitative estimate of drug-likeness (QED) is 0.273. The average molecular weight is 172 g/mol. The van der Waals surface area contributed by atoms with Crippen LogP contribution in [-0.2, 0) is 18.3 Å². The first-order valence-corrected chi connectivity index (χ1v) is 3.97. The highest BCUT2D eigenvalue weighted by Gasteiger charge is 2.25. The molecular formula is C3H9O6P. The fourth-order valence-corrected chi connectivity index (χ4v) is 0.940. The van der Waals surface area contributed by atoms with Gasteiger partial charge in [-0.3, -0.25) is 9.05 Å². The van der Waals surface area contributed by atoms with Crippen molar-refractivity contribution in [2.45, 2.75) is 6.92 Å². The molecule has 6 nitrogen and oxygen atoms in total. The largest absolute Gasteiger partial charge is 0.504 e. The Morgan fingerprint density at radius 3 is 2.40 bits per heavy atom. The van der Waals surface area contributed by atoms with Gasteiger partial charge in [0.2, 0.25) is 0 Å². The van der Waals surface area contributed by atoms with Gasteiger partial charge in [0.25, 0.3) is 0 Å². The van der Waals surface area contributed by atoms with Crippen molar-refractivity contribution in [2.75, 3.05) is 13.4 Å². The van der Waals surface area contributed by atoms with E-state index in [1.807, 2.05) is 0 Å². The summed E-state index contributed by atoms with van der Waals surface area (Å²) in [5.74, 6) is 0. The van der Waals surface area contributed by atoms with Gasteiger partial charge in [-0.2, -0.15) is 0 Å². The third kappa shape index (κ3) is 3.26. The average Bonchev–Trinajstić information content (AvgIpc) is 1.89. The molecule has 2 N–H and O–H groups in total. The Hall–Kier alpha value is 0.0300. The van der Waals surface area contributed by atoms with Crippen LogP contribution in [0.15, 0.2) is 0 Å². The summed E-state index contributed by atoms with van der Waals surface area (Å²) in [5.41, 5.74) is 0. The number of aliphatic hydroxyl groups is 1. The maximum absolute atomic E-state index is 10.7. The zero-order valence-electron chi connectivity index (χ0n) is 5.39. The van der Waals surface area contributed by atoms with Crippen LogP contribution in [0.25, 0.3) is 0 Å². The molecule has 0 fully saturated rings. The number of phosphoric ester groups is 1. The third-order valence-corrected chi connectivity index (χ3v) is 1.81. The van der Waals surface area contributed by atoms with Crippen molar-refractivity contribution >= 4 is 7.82 Å². The van der Waals surface area contributed by atoms with Gasteiger partial charge >= 0.3 is 7.82 Å². The first-order valence-electron chi connectivity index (χ1n) is 2.51. The summed E-state index contributed by atoms with van der Waals surface area (Å²) >= 11 is 0. The Morgan fingerprint density at radius 2 is 2.10 bits per heavy atom. The van der Waals surface area contributed by atoms with Crippen LogP contribution in [0.5, 0.6) is 0 Å². The standard InChI is InChI=1S/C3H9O6P/c1-2-7-10(6,9-5)8-3-4/h4-5H,2-3H2,1H3. The van der Waals surface area contributed by atoms with Crippen molar-refractivity contribution in [2.24, 2.45) is 0 Å². The molecule has 0 spiro atoms. The van der Waals surface area contributed by atoms with Gasteiger partial charge in [0.1, 0.15) is 0 Å². The van der Waals surface area contributed by atoms with Crippen molar-refractivity contribution in [3.8, 4) is 0 Å². The number of aliphatic hydroxyl groups excluding tert-OH is 1. The molecule has 0 aliphatic heterocycles. The molecule has 1 atom stereocenters. The summed E-state index contributed by atoms with van der Waals surface area (Å²) in [6.45, 7) is 0.752. The van der Waals surface area contributed by atoms with E-state index in [0.717, 1.165) is 0 Å². The predicted octanol–water partition coefficient (Wildman–Crippen LogP) is 0.587. The molecule has 62 valence electrons. The van der Waals surface area contributed by atoms with Gasteiger partial charge in [-0.05, 0) is 6.92 Å². The lowest BCUT2D eigenvalue weighted by Gasteiger charge is -2.09. The zero-order valence-corrected chi connectivity index (χ0v) is 6.28. The van der Waals surface area contributed by atoms with Crippen LogP contribution in [0.2, 0.25) is 0 Å². The summed E-state index contributed by atoms with van der Waals surface area (Å²) in [7, 11) is -3.89. The van der Waals surface area contributed by atoms with E-state index in [2.05, 4.69) is 13.7 Å². The van der Waals surface area contributed by atoms with Crippen LogP contribution in [0.3, 0.4) is 0 Å². The van der Waals surface area contributed by atoms with Crippen molar-refractivity contribution in [1.82, 2.24) is 0 Å². The van der Waals surface area contributed by atoms with Crippen LogP contribution in [0.4, 0.5) is 0 Å². The molecule has 0 rings (SSSR count). The summed E-state index contributed by atoms with van der Waals surface area (Å²) in [4.78, 5) is 0. The molecule has 0 radical (unpaired) electrons. The fourth-order valence-electron chi connectivity index (χ4n) is 0.313. The van der Waals surface area contributed by atoms with Crippen LogP contribution in [0, 0.1) is 0 Å². The maximum atomic E-state index is 10.7. The highest BCUT2D eigenvalue weighted by atomic mass is 31.2. The minimum Gasteiger partial charge on any atom is -0.370 e. The van der Waals surface area contributed by atoms with Gasteiger partial charge in [-0.15, -0.1) is 4.67 Å². The zero-order chi connectivity index (χ0) is 8.04. The fraction of sp³-hybridized carbons (Fsp3) is 1.00. The summed E-state index contributed by atoms with van der Waals surface area (Å²) in [6, 6.07) is 0. The lowest BCUT2D eigenvalue weighted by atomic mass is 10.9. The van der Waals surface area contributed by atoms with E-state index in [0.29, 0.717) is 0 Å². The Bertz CT molecular complexity index is 114. The minimum absolute atomic E-state index is 0.0534. The van der Waals surface area contributed by atoms with Crippen molar-refractivity contribution in [3.63, 3.8) is 0 Å². The monoisotopic (exact) mass is 172 g/mol. The first kappa shape index (κ1) is 10.0. The van der Waals surface area contributed by atoms with E-state index in [4.69, 9.17) is 10.4 Å². The molecule has 0 aromatic heterocycles. The van der Waals surface area contributed by atoms with Gasteiger partial charge < -0.3 is 5.11 Å². The second-order valence-corrected chi connectivity index (χ2v) is 2.78. The smallest absolute Gasteiger partial charge is 0.370 e. The number of rotatable bonds is 5. The molecule has 0 saturated heterocycles. The second kappa shape index (κ2) is 4.79. The van der Waals surface area contributed by atoms with Gasteiger partial charge in [0.15, 0.2) is 6.79 Å². The molecule has 0 aliphatic carbocycles. The SMILES string of the molecule is CCOP(=O)(OO)OCO. The minimum atomic E-state index is -3.89. The van der Waals surface area contributed by atoms with Gasteiger partial charge in [-0.1, -0.05) is 0 Å². The number of hydrogen-bond donors (Lipinski definition) is 2. The molecule has 1 unspecified atom stereocenters. The Labute approximate surface area is 57.9 Å². The Morgan fingerprint density at radius 1 is 1.50 bits per heavy atom. The second-order valence-electron chi connectivity index (χ2n) is 1.20. The molecule has 0 bridgehead atoms. The lowest BCUT2D eigenvalue weighted by Crippen LogP contribution is -1.98. The van der Waals surface area contributed by atoms with Gasteiger partial charge in [-0.25, -0.2) is 9.82 Å². The van der Waals surface area contributed by atoms with Crippen molar-refractivity contribution < 1.29 is 28.7 Å². The normalized spacial score (nSPS) is 16.7. The summed E-state index contributed by atoms with van der Waals surface area (Å²) < 4.78 is 22.4. The highest BCUT2D eigenvalue weighted by molar-refractivity contribution is 7.48. The molecule has 0 aromatic carbocycles. The molecule has 10 heavy (non-hydrogen) atoms. The molecule has 0 heterocycles. The van der Waals surface area contributed by atoms with Crippen LogP contribution < -0.4 is 0 Å². The summed E-state index contributed by atoms with van der Waals surface area (Å²) in [5, 5.41) is 16.0. The Balaban J connectivity index is 3.83. The van der Waals surface area contributed by atoms with Gasteiger partial charge in [0, 0.05) is 0 Å². The molecule has 0 saturated carbocycles. The van der Waals surface area contributed by atoms with E-state index < -0.39 is 14.6 Å².